The molecule has 2 fully saturated rings. The number of hydrogen-bond donors (Lipinski definition) is 0. The van der Waals surface area contributed by atoms with E-state index in [0.717, 1.165) is 25.5 Å². The zero-order valence-electron chi connectivity index (χ0n) is 15.1. The van der Waals surface area contributed by atoms with Gasteiger partial charge in [0, 0.05) is 32.2 Å². The van der Waals surface area contributed by atoms with Gasteiger partial charge in [-0.2, -0.15) is 4.31 Å². The highest BCUT2D eigenvalue weighted by Gasteiger charge is 2.32. The van der Waals surface area contributed by atoms with Crippen LogP contribution in [-0.4, -0.2) is 73.7 Å². The Morgan fingerprint density at radius 2 is 1.81 bits per heavy atom. The summed E-state index contributed by atoms with van der Waals surface area (Å²) in [5.74, 6) is -0.702. The Morgan fingerprint density at radius 1 is 1.12 bits per heavy atom. The van der Waals surface area contributed by atoms with Gasteiger partial charge in [0.1, 0.15) is 10.7 Å². The number of halogens is 1. The molecule has 144 valence electrons. The lowest BCUT2D eigenvalue weighted by Crippen LogP contribution is -2.53. The van der Waals surface area contributed by atoms with Gasteiger partial charge < -0.3 is 4.90 Å². The Hall–Kier alpha value is -1.51. The molecule has 8 heteroatoms. The van der Waals surface area contributed by atoms with Gasteiger partial charge in [-0.3, -0.25) is 9.69 Å². The molecule has 2 aliphatic heterocycles. The van der Waals surface area contributed by atoms with E-state index in [0.29, 0.717) is 25.7 Å². The van der Waals surface area contributed by atoms with E-state index in [9.17, 15) is 17.6 Å². The number of carbonyl (C=O) groups excluding carboxylic acids is 1. The van der Waals surface area contributed by atoms with Crippen LogP contribution >= 0.6 is 0 Å². The topological polar surface area (TPSA) is 60.9 Å². The predicted molar refractivity (Wildman–Crippen MR) is 96.6 cm³/mol. The van der Waals surface area contributed by atoms with Crippen LogP contribution in [0.25, 0.3) is 0 Å². The van der Waals surface area contributed by atoms with Crippen molar-refractivity contribution < 1.29 is 17.6 Å². The van der Waals surface area contributed by atoms with Crippen LogP contribution < -0.4 is 0 Å². The molecule has 0 N–H and O–H groups in total. The second kappa shape index (κ2) is 8.02. The molecule has 3 rings (SSSR count). The van der Waals surface area contributed by atoms with Crippen LogP contribution in [0, 0.1) is 5.82 Å². The van der Waals surface area contributed by atoms with Gasteiger partial charge in [0.05, 0.1) is 6.54 Å². The molecule has 1 aromatic carbocycles. The first-order valence-electron chi connectivity index (χ1n) is 9.16. The number of benzene rings is 1. The quantitative estimate of drug-likeness (QED) is 0.791. The van der Waals surface area contributed by atoms with Gasteiger partial charge in [-0.15, -0.1) is 0 Å². The molecule has 1 aromatic rings. The minimum atomic E-state index is -3.87. The summed E-state index contributed by atoms with van der Waals surface area (Å²) in [4.78, 5) is 16.2. The van der Waals surface area contributed by atoms with Crippen molar-refractivity contribution in [2.75, 3.05) is 39.3 Å². The molecular formula is C18H26FN3O3S. The Labute approximate surface area is 154 Å². The zero-order chi connectivity index (χ0) is 18.7. The second-order valence-electron chi connectivity index (χ2n) is 7.03. The molecule has 2 heterocycles. The highest BCUT2D eigenvalue weighted by atomic mass is 32.2. The van der Waals surface area contributed by atoms with Crippen molar-refractivity contribution in [1.29, 1.82) is 0 Å². The highest BCUT2D eigenvalue weighted by molar-refractivity contribution is 7.89. The van der Waals surface area contributed by atoms with Gasteiger partial charge in [-0.1, -0.05) is 18.6 Å². The summed E-state index contributed by atoms with van der Waals surface area (Å²) < 4.78 is 40.4. The van der Waals surface area contributed by atoms with Crippen molar-refractivity contribution in [2.45, 2.75) is 37.1 Å². The summed E-state index contributed by atoms with van der Waals surface area (Å²) in [5.41, 5.74) is 0. The monoisotopic (exact) mass is 383 g/mol. The lowest BCUT2D eigenvalue weighted by molar-refractivity contribution is -0.134. The Kier molecular flexibility index (Phi) is 5.94. The fourth-order valence-corrected chi connectivity index (χ4v) is 5.12. The summed E-state index contributed by atoms with van der Waals surface area (Å²) in [6.45, 7) is 4.54. The fourth-order valence-electron chi connectivity index (χ4n) is 3.64. The van der Waals surface area contributed by atoms with E-state index in [1.54, 1.807) is 4.90 Å². The summed E-state index contributed by atoms with van der Waals surface area (Å²) >= 11 is 0. The first-order chi connectivity index (χ1) is 12.4. The first-order valence-corrected chi connectivity index (χ1v) is 10.6. The Balaban J connectivity index is 1.58. The SMILES string of the molecule is C[C@H]1CCCCN1CC(=O)N1CCN(S(=O)(=O)c2ccccc2F)CC1. The minimum Gasteiger partial charge on any atom is -0.339 e. The van der Waals surface area contributed by atoms with E-state index in [1.165, 1.54) is 28.9 Å². The minimum absolute atomic E-state index is 0.0432. The zero-order valence-corrected chi connectivity index (χ0v) is 15.9. The van der Waals surface area contributed by atoms with Gasteiger partial charge in [0.25, 0.3) is 0 Å². The summed E-state index contributed by atoms with van der Waals surface area (Å²) in [5, 5.41) is 0. The number of sulfonamides is 1. The number of carbonyl (C=O) groups is 1. The number of piperazine rings is 1. The van der Waals surface area contributed by atoms with Crippen LogP contribution in [-0.2, 0) is 14.8 Å². The maximum atomic E-state index is 13.9. The lowest BCUT2D eigenvalue weighted by atomic mass is 10.0. The van der Waals surface area contributed by atoms with E-state index >= 15 is 0 Å². The van der Waals surface area contributed by atoms with Crippen LogP contribution in [0.15, 0.2) is 29.2 Å². The standard InChI is InChI=1S/C18H26FN3O3S/c1-15-6-4-5-9-21(15)14-18(23)20-10-12-22(13-11-20)26(24,25)17-8-3-2-7-16(17)19/h2-3,7-8,15H,4-6,9-14H2,1H3/t15-/m0/s1. The molecule has 0 spiro atoms. The van der Waals surface area contributed by atoms with Crippen molar-refractivity contribution in [3.63, 3.8) is 0 Å². The van der Waals surface area contributed by atoms with Crippen molar-refractivity contribution in [3.05, 3.63) is 30.1 Å². The van der Waals surface area contributed by atoms with E-state index < -0.39 is 15.8 Å². The summed E-state index contributed by atoms with van der Waals surface area (Å²) in [6, 6.07) is 5.81. The van der Waals surface area contributed by atoms with Crippen molar-refractivity contribution >= 4 is 15.9 Å². The van der Waals surface area contributed by atoms with E-state index in [-0.39, 0.29) is 23.9 Å². The van der Waals surface area contributed by atoms with Crippen LogP contribution in [0.1, 0.15) is 26.2 Å². The van der Waals surface area contributed by atoms with Gasteiger partial charge in [-0.05, 0) is 38.4 Å². The molecule has 0 aromatic heterocycles. The molecule has 0 radical (unpaired) electrons. The number of likely N-dealkylation sites (tertiary alicyclic amines) is 1. The average Bonchev–Trinajstić information content (AvgIpc) is 2.64. The van der Waals surface area contributed by atoms with Gasteiger partial charge >= 0.3 is 0 Å². The number of amides is 1. The van der Waals surface area contributed by atoms with Crippen LogP contribution in [0.2, 0.25) is 0 Å². The molecule has 0 saturated carbocycles. The third-order valence-corrected chi connectivity index (χ3v) is 7.26. The smallest absolute Gasteiger partial charge is 0.246 e. The molecule has 26 heavy (non-hydrogen) atoms. The molecule has 6 nitrogen and oxygen atoms in total. The third-order valence-electron chi connectivity index (χ3n) is 5.32. The highest BCUT2D eigenvalue weighted by Crippen LogP contribution is 2.21. The molecule has 1 atom stereocenters. The summed E-state index contributed by atoms with van der Waals surface area (Å²) in [7, 11) is -3.87. The number of rotatable bonds is 4. The van der Waals surface area contributed by atoms with Crippen molar-refractivity contribution in [2.24, 2.45) is 0 Å². The van der Waals surface area contributed by atoms with Gasteiger partial charge in [0.2, 0.25) is 15.9 Å². The Bertz CT molecular complexity index is 748. The van der Waals surface area contributed by atoms with E-state index in [2.05, 4.69) is 11.8 Å². The maximum Gasteiger partial charge on any atom is 0.246 e. The van der Waals surface area contributed by atoms with E-state index in [4.69, 9.17) is 0 Å². The van der Waals surface area contributed by atoms with Crippen LogP contribution in [0.4, 0.5) is 4.39 Å². The number of hydrogen-bond acceptors (Lipinski definition) is 4. The first kappa shape index (κ1) is 19.3. The second-order valence-corrected chi connectivity index (χ2v) is 8.94. The molecule has 2 aliphatic rings. The largest absolute Gasteiger partial charge is 0.339 e. The summed E-state index contributed by atoms with van der Waals surface area (Å²) in [6.07, 6.45) is 3.44. The molecule has 0 unspecified atom stereocenters. The third kappa shape index (κ3) is 4.07. The molecule has 1 amide bonds. The van der Waals surface area contributed by atoms with Crippen LogP contribution in [0.5, 0.6) is 0 Å². The molecule has 0 bridgehead atoms. The number of piperidine rings is 1. The molecule has 0 aliphatic carbocycles. The molecule has 2 saturated heterocycles. The average molecular weight is 383 g/mol. The molecular weight excluding hydrogens is 357 g/mol. The number of nitrogens with zero attached hydrogens (tertiary/aromatic N) is 3. The Morgan fingerprint density at radius 3 is 2.46 bits per heavy atom. The van der Waals surface area contributed by atoms with Gasteiger partial charge in [-0.25, -0.2) is 12.8 Å². The van der Waals surface area contributed by atoms with Crippen molar-refractivity contribution in [3.8, 4) is 0 Å². The van der Waals surface area contributed by atoms with Gasteiger partial charge in [0.15, 0.2) is 0 Å². The predicted octanol–water partition coefficient (Wildman–Crippen LogP) is 1.53. The lowest BCUT2D eigenvalue weighted by Gasteiger charge is -2.37. The maximum absolute atomic E-state index is 13.9. The normalized spacial score (nSPS) is 23.2. The van der Waals surface area contributed by atoms with Crippen molar-refractivity contribution in [1.82, 2.24) is 14.1 Å². The fraction of sp³-hybridized carbons (Fsp3) is 0.611. The van der Waals surface area contributed by atoms with Crippen LogP contribution in [0.3, 0.4) is 0 Å². The van der Waals surface area contributed by atoms with E-state index in [1.807, 2.05) is 0 Å².